The highest BCUT2D eigenvalue weighted by Gasteiger charge is 2.10. The number of aromatic carboxylic acids is 1. The summed E-state index contributed by atoms with van der Waals surface area (Å²) in [7, 11) is 0. The lowest BCUT2D eigenvalue weighted by Crippen LogP contribution is -1.91. The number of furan rings is 1. The molecule has 0 unspecified atom stereocenters. The van der Waals surface area contributed by atoms with Crippen LogP contribution in [0.2, 0.25) is 0 Å². The molecule has 4 nitrogen and oxygen atoms in total. The van der Waals surface area contributed by atoms with E-state index >= 15 is 0 Å². The highest BCUT2D eigenvalue weighted by molar-refractivity contribution is 5.85. The Bertz CT molecular complexity index is 502. The van der Waals surface area contributed by atoms with Crippen LogP contribution in [0, 0.1) is 6.92 Å². The maximum absolute atomic E-state index is 10.6. The molecule has 4 heteroatoms. The molecular weight excluding hydrogens is 194 g/mol. The first-order valence-electron chi connectivity index (χ1n) is 4.42. The number of nitrogens with zero attached hydrogens (tertiary/aromatic N) is 1. The number of carboxylic acids is 1. The van der Waals surface area contributed by atoms with Gasteiger partial charge in [-0.15, -0.1) is 0 Å². The van der Waals surface area contributed by atoms with Crippen molar-refractivity contribution in [3.63, 3.8) is 0 Å². The summed E-state index contributed by atoms with van der Waals surface area (Å²) >= 11 is 0. The van der Waals surface area contributed by atoms with Crippen LogP contribution in [-0.4, -0.2) is 16.1 Å². The van der Waals surface area contributed by atoms with Crippen LogP contribution in [0.25, 0.3) is 11.3 Å². The van der Waals surface area contributed by atoms with E-state index in [0.29, 0.717) is 5.76 Å². The monoisotopic (exact) mass is 203 g/mol. The van der Waals surface area contributed by atoms with Gasteiger partial charge in [0.05, 0.1) is 0 Å². The van der Waals surface area contributed by atoms with Crippen LogP contribution in [0.5, 0.6) is 0 Å². The van der Waals surface area contributed by atoms with Gasteiger partial charge in [0, 0.05) is 18.0 Å². The molecule has 2 rings (SSSR count). The number of carbonyl (C=O) groups is 1. The Labute approximate surface area is 86.2 Å². The topological polar surface area (TPSA) is 63.3 Å². The molecule has 15 heavy (non-hydrogen) atoms. The summed E-state index contributed by atoms with van der Waals surface area (Å²) < 4.78 is 5.15. The molecule has 0 atom stereocenters. The molecule has 2 aromatic rings. The van der Waals surface area contributed by atoms with Gasteiger partial charge in [-0.05, 0) is 30.7 Å². The lowest BCUT2D eigenvalue weighted by Gasteiger charge is -1.96. The average molecular weight is 203 g/mol. The number of pyridine rings is 1. The maximum atomic E-state index is 10.6. The van der Waals surface area contributed by atoms with Crippen molar-refractivity contribution in [2.45, 2.75) is 6.92 Å². The Balaban J connectivity index is 2.41. The standard InChI is InChI=1S/C11H9NO3/c1-7-4-8(6-12-5-7)9-2-3-10(15-9)11(13)14/h2-6H,1H3,(H,13,14). The lowest BCUT2D eigenvalue weighted by atomic mass is 10.2. The Morgan fingerprint density at radius 2 is 2.20 bits per heavy atom. The van der Waals surface area contributed by atoms with Crippen molar-refractivity contribution < 1.29 is 14.3 Å². The maximum Gasteiger partial charge on any atom is 0.371 e. The van der Waals surface area contributed by atoms with E-state index in [9.17, 15) is 4.79 Å². The molecule has 0 aliphatic carbocycles. The molecule has 0 saturated heterocycles. The Kier molecular flexibility index (Phi) is 2.25. The molecule has 0 amide bonds. The normalized spacial score (nSPS) is 10.2. The van der Waals surface area contributed by atoms with Crippen LogP contribution in [0.4, 0.5) is 0 Å². The molecule has 1 N–H and O–H groups in total. The fourth-order valence-electron chi connectivity index (χ4n) is 1.30. The molecule has 76 valence electrons. The third kappa shape index (κ3) is 1.88. The van der Waals surface area contributed by atoms with Crippen molar-refractivity contribution in [3.8, 4) is 11.3 Å². The van der Waals surface area contributed by atoms with E-state index in [1.54, 1.807) is 18.5 Å². The number of rotatable bonds is 2. The summed E-state index contributed by atoms with van der Waals surface area (Å²) in [5.41, 5.74) is 1.78. The van der Waals surface area contributed by atoms with Gasteiger partial charge in [-0.1, -0.05) is 0 Å². The smallest absolute Gasteiger partial charge is 0.371 e. The van der Waals surface area contributed by atoms with Gasteiger partial charge in [0.2, 0.25) is 5.76 Å². The molecule has 0 spiro atoms. The molecule has 0 saturated carbocycles. The first-order chi connectivity index (χ1) is 7.16. The van der Waals surface area contributed by atoms with Gasteiger partial charge in [0.15, 0.2) is 0 Å². The predicted octanol–water partition coefficient (Wildman–Crippen LogP) is 2.35. The van der Waals surface area contributed by atoms with Gasteiger partial charge < -0.3 is 9.52 Å². The number of hydrogen-bond acceptors (Lipinski definition) is 3. The van der Waals surface area contributed by atoms with Gasteiger partial charge in [0.1, 0.15) is 5.76 Å². The molecule has 0 fully saturated rings. The summed E-state index contributed by atoms with van der Waals surface area (Å²) in [5, 5.41) is 8.69. The van der Waals surface area contributed by atoms with Crippen molar-refractivity contribution in [1.29, 1.82) is 0 Å². The lowest BCUT2D eigenvalue weighted by molar-refractivity contribution is 0.0663. The SMILES string of the molecule is Cc1cncc(-c2ccc(C(=O)O)o2)c1. The van der Waals surface area contributed by atoms with E-state index in [-0.39, 0.29) is 5.76 Å². The second-order valence-corrected chi connectivity index (χ2v) is 3.22. The van der Waals surface area contributed by atoms with Crippen molar-refractivity contribution in [2.24, 2.45) is 0 Å². The van der Waals surface area contributed by atoms with Gasteiger partial charge in [-0.3, -0.25) is 4.98 Å². The van der Waals surface area contributed by atoms with Crippen LogP contribution in [0.3, 0.4) is 0 Å². The highest BCUT2D eigenvalue weighted by Crippen LogP contribution is 2.21. The minimum atomic E-state index is -1.07. The van der Waals surface area contributed by atoms with Gasteiger partial charge >= 0.3 is 5.97 Å². The van der Waals surface area contributed by atoms with Gasteiger partial charge in [0.25, 0.3) is 0 Å². The minimum absolute atomic E-state index is 0.0634. The Morgan fingerprint density at radius 1 is 1.40 bits per heavy atom. The third-order valence-electron chi connectivity index (χ3n) is 1.98. The molecule has 0 radical (unpaired) electrons. The van der Waals surface area contributed by atoms with E-state index < -0.39 is 5.97 Å². The largest absolute Gasteiger partial charge is 0.475 e. The zero-order valence-electron chi connectivity index (χ0n) is 8.10. The zero-order valence-corrected chi connectivity index (χ0v) is 8.10. The highest BCUT2D eigenvalue weighted by atomic mass is 16.4. The van der Waals surface area contributed by atoms with Gasteiger partial charge in [-0.2, -0.15) is 0 Å². The third-order valence-corrected chi connectivity index (χ3v) is 1.98. The number of aryl methyl sites for hydroxylation is 1. The first kappa shape index (κ1) is 9.45. The average Bonchev–Trinajstić information content (AvgIpc) is 2.66. The van der Waals surface area contributed by atoms with E-state index in [1.807, 2.05) is 13.0 Å². The Hall–Kier alpha value is -2.10. The van der Waals surface area contributed by atoms with Crippen LogP contribution >= 0.6 is 0 Å². The van der Waals surface area contributed by atoms with Crippen molar-refractivity contribution in [1.82, 2.24) is 4.98 Å². The van der Waals surface area contributed by atoms with Crippen molar-refractivity contribution in [2.75, 3.05) is 0 Å². The molecule has 0 aromatic carbocycles. The van der Waals surface area contributed by atoms with E-state index in [1.165, 1.54) is 6.07 Å². The molecule has 2 heterocycles. The molecule has 0 bridgehead atoms. The summed E-state index contributed by atoms with van der Waals surface area (Å²) in [5.74, 6) is -0.614. The number of aromatic nitrogens is 1. The quantitative estimate of drug-likeness (QED) is 0.813. The van der Waals surface area contributed by atoms with Crippen LogP contribution in [0.1, 0.15) is 16.1 Å². The van der Waals surface area contributed by atoms with Crippen LogP contribution in [-0.2, 0) is 0 Å². The van der Waals surface area contributed by atoms with E-state index in [4.69, 9.17) is 9.52 Å². The predicted molar refractivity (Wildman–Crippen MR) is 53.6 cm³/mol. The van der Waals surface area contributed by atoms with Gasteiger partial charge in [-0.25, -0.2) is 4.79 Å². The molecule has 0 aliphatic heterocycles. The molecule has 0 aliphatic rings. The second kappa shape index (κ2) is 3.57. The summed E-state index contributed by atoms with van der Waals surface area (Å²) in [6.45, 7) is 1.91. The fourth-order valence-corrected chi connectivity index (χ4v) is 1.30. The number of hydrogen-bond donors (Lipinski definition) is 1. The summed E-state index contributed by atoms with van der Waals surface area (Å²) in [6, 6.07) is 4.94. The molecular formula is C11H9NO3. The van der Waals surface area contributed by atoms with Crippen LogP contribution < -0.4 is 0 Å². The fraction of sp³-hybridized carbons (Fsp3) is 0.0909. The number of carboxylic acid groups (broad SMARTS) is 1. The molecule has 2 aromatic heterocycles. The summed E-state index contributed by atoms with van der Waals surface area (Å²) in [4.78, 5) is 14.6. The first-order valence-corrected chi connectivity index (χ1v) is 4.42. The van der Waals surface area contributed by atoms with Crippen LogP contribution in [0.15, 0.2) is 35.0 Å². The Morgan fingerprint density at radius 3 is 2.80 bits per heavy atom. The minimum Gasteiger partial charge on any atom is -0.475 e. The zero-order chi connectivity index (χ0) is 10.8. The van der Waals surface area contributed by atoms with E-state index in [0.717, 1.165) is 11.1 Å². The van der Waals surface area contributed by atoms with Crippen molar-refractivity contribution in [3.05, 3.63) is 41.9 Å². The van der Waals surface area contributed by atoms with Crippen molar-refractivity contribution >= 4 is 5.97 Å². The van der Waals surface area contributed by atoms with E-state index in [2.05, 4.69) is 4.98 Å². The second-order valence-electron chi connectivity index (χ2n) is 3.22. The summed E-state index contributed by atoms with van der Waals surface area (Å²) in [6.07, 6.45) is 3.36.